The molecule has 0 aliphatic carbocycles. The van der Waals surface area contributed by atoms with E-state index >= 15 is 0 Å². The molecule has 0 saturated heterocycles. The molecule has 0 bridgehead atoms. The highest BCUT2D eigenvalue weighted by Gasteiger charge is 2.36. The number of alkyl halides is 3. The Bertz CT molecular complexity index is 1370. The topological polar surface area (TPSA) is 75.7 Å². The quantitative estimate of drug-likeness (QED) is 0.356. The van der Waals surface area contributed by atoms with Gasteiger partial charge in [-0.05, 0) is 66.2 Å². The normalized spacial score (nSPS) is 16.2. The number of hydrogen-bond donors (Lipinski definition) is 1. The van der Waals surface area contributed by atoms with E-state index in [1.54, 1.807) is 30.3 Å². The van der Waals surface area contributed by atoms with Crippen molar-refractivity contribution >= 4 is 15.9 Å². The second-order valence-corrected chi connectivity index (χ2v) is 9.78. The first kappa shape index (κ1) is 25.4. The lowest BCUT2D eigenvalue weighted by Crippen LogP contribution is -2.45. The SMILES string of the molecule is O=C(NCc1cccc(Oc2ccc(C(F)(F)F)cc2)c1)[C@@H]1C=CCN1S(=O)(=O)c1ccc(F)cc1. The number of rotatable bonds is 7. The van der Waals surface area contributed by atoms with Crippen molar-refractivity contribution in [1.82, 2.24) is 9.62 Å². The molecule has 188 valence electrons. The van der Waals surface area contributed by atoms with Gasteiger partial charge < -0.3 is 10.1 Å². The Balaban J connectivity index is 1.40. The van der Waals surface area contributed by atoms with Gasteiger partial charge in [-0.25, -0.2) is 12.8 Å². The van der Waals surface area contributed by atoms with Crippen molar-refractivity contribution in [2.45, 2.75) is 23.7 Å². The van der Waals surface area contributed by atoms with Crippen LogP contribution in [-0.4, -0.2) is 31.2 Å². The zero-order chi connectivity index (χ0) is 25.9. The Morgan fingerprint density at radius 2 is 1.69 bits per heavy atom. The first-order chi connectivity index (χ1) is 17.0. The lowest BCUT2D eigenvalue weighted by molar-refractivity contribution is -0.137. The van der Waals surface area contributed by atoms with Crippen LogP contribution in [0.1, 0.15) is 11.1 Å². The minimum Gasteiger partial charge on any atom is -0.457 e. The van der Waals surface area contributed by atoms with Gasteiger partial charge >= 0.3 is 6.18 Å². The number of carbonyl (C=O) groups excluding carboxylic acids is 1. The second-order valence-electron chi connectivity index (χ2n) is 7.89. The van der Waals surface area contributed by atoms with E-state index < -0.39 is 39.5 Å². The van der Waals surface area contributed by atoms with Gasteiger partial charge in [-0.1, -0.05) is 24.3 Å². The number of nitrogens with zero attached hydrogens (tertiary/aromatic N) is 1. The Hall–Kier alpha value is -3.70. The highest BCUT2D eigenvalue weighted by molar-refractivity contribution is 7.89. The van der Waals surface area contributed by atoms with Gasteiger partial charge in [-0.2, -0.15) is 17.5 Å². The van der Waals surface area contributed by atoms with Crippen LogP contribution >= 0.6 is 0 Å². The minimum atomic E-state index is -4.45. The van der Waals surface area contributed by atoms with E-state index in [1.165, 1.54) is 18.2 Å². The molecular formula is C25H20F4N2O4S. The van der Waals surface area contributed by atoms with Crippen LogP contribution in [-0.2, 0) is 27.5 Å². The van der Waals surface area contributed by atoms with E-state index in [0.29, 0.717) is 11.3 Å². The van der Waals surface area contributed by atoms with Crippen LogP contribution < -0.4 is 10.1 Å². The van der Waals surface area contributed by atoms with E-state index in [9.17, 15) is 30.8 Å². The predicted octanol–water partition coefficient (Wildman–Crippen LogP) is 4.88. The van der Waals surface area contributed by atoms with Gasteiger partial charge in [-0.3, -0.25) is 4.79 Å². The fraction of sp³-hybridized carbons (Fsp3) is 0.160. The van der Waals surface area contributed by atoms with Gasteiger partial charge in [0.2, 0.25) is 15.9 Å². The molecule has 1 aliphatic rings. The molecule has 0 saturated carbocycles. The number of carbonyl (C=O) groups is 1. The molecule has 0 unspecified atom stereocenters. The van der Waals surface area contributed by atoms with Crippen LogP contribution in [0.2, 0.25) is 0 Å². The molecule has 1 amide bonds. The number of hydrogen-bond acceptors (Lipinski definition) is 4. The Morgan fingerprint density at radius 3 is 2.36 bits per heavy atom. The lowest BCUT2D eigenvalue weighted by Gasteiger charge is -2.23. The van der Waals surface area contributed by atoms with Crippen molar-refractivity contribution in [3.8, 4) is 11.5 Å². The molecule has 1 heterocycles. The number of nitrogens with one attached hydrogen (secondary N) is 1. The van der Waals surface area contributed by atoms with Crippen LogP contribution in [0, 0.1) is 5.82 Å². The summed E-state index contributed by atoms with van der Waals surface area (Å²) in [7, 11) is -4.03. The molecule has 11 heteroatoms. The maximum absolute atomic E-state index is 13.2. The summed E-state index contributed by atoms with van der Waals surface area (Å²) < 4.78 is 83.8. The van der Waals surface area contributed by atoms with Crippen molar-refractivity contribution in [3.05, 3.63) is 102 Å². The maximum atomic E-state index is 13.2. The summed E-state index contributed by atoms with van der Waals surface area (Å²) >= 11 is 0. The standard InChI is InChI=1S/C25H20F4N2O4S/c26-19-8-12-22(13-9-19)36(33,34)31-14-2-5-23(31)24(32)30-16-17-3-1-4-21(15-17)35-20-10-6-18(7-11-20)25(27,28)29/h1-13,15,23H,14,16H2,(H,30,32)/t23-/m0/s1. The maximum Gasteiger partial charge on any atom is 0.416 e. The van der Waals surface area contributed by atoms with Gasteiger partial charge in [0.15, 0.2) is 0 Å². The largest absolute Gasteiger partial charge is 0.457 e. The Morgan fingerprint density at radius 1 is 1.00 bits per heavy atom. The van der Waals surface area contributed by atoms with Crippen molar-refractivity contribution < 1.29 is 35.5 Å². The molecule has 3 aromatic carbocycles. The predicted molar refractivity (Wildman–Crippen MR) is 123 cm³/mol. The first-order valence-corrected chi connectivity index (χ1v) is 12.1. The highest BCUT2D eigenvalue weighted by Crippen LogP contribution is 2.31. The highest BCUT2D eigenvalue weighted by atomic mass is 32.2. The van der Waals surface area contributed by atoms with E-state index in [1.807, 2.05) is 0 Å². The zero-order valence-corrected chi connectivity index (χ0v) is 19.4. The first-order valence-electron chi connectivity index (χ1n) is 10.7. The van der Waals surface area contributed by atoms with E-state index in [2.05, 4.69) is 5.32 Å². The van der Waals surface area contributed by atoms with Crippen molar-refractivity contribution in [3.63, 3.8) is 0 Å². The Kier molecular flexibility index (Phi) is 7.14. The van der Waals surface area contributed by atoms with E-state index in [-0.39, 0.29) is 23.7 Å². The average molecular weight is 521 g/mol. The van der Waals surface area contributed by atoms with Crippen LogP contribution in [0.5, 0.6) is 11.5 Å². The molecule has 0 aromatic heterocycles. The molecule has 4 rings (SSSR count). The summed E-state index contributed by atoms with van der Waals surface area (Å²) in [6.45, 7) is 0.0477. The molecule has 36 heavy (non-hydrogen) atoms. The molecule has 6 nitrogen and oxygen atoms in total. The number of ether oxygens (including phenoxy) is 1. The molecule has 3 aromatic rings. The monoisotopic (exact) mass is 520 g/mol. The number of sulfonamides is 1. The Labute approximate surface area is 204 Å². The number of benzene rings is 3. The van der Waals surface area contributed by atoms with Crippen molar-refractivity contribution in [1.29, 1.82) is 0 Å². The summed E-state index contributed by atoms with van der Waals surface area (Å²) in [5.74, 6) is -0.569. The zero-order valence-electron chi connectivity index (χ0n) is 18.6. The third-order valence-electron chi connectivity index (χ3n) is 5.39. The summed E-state index contributed by atoms with van der Waals surface area (Å²) in [5, 5.41) is 2.68. The van der Waals surface area contributed by atoms with Crippen LogP contribution in [0.15, 0.2) is 89.8 Å². The molecule has 0 radical (unpaired) electrons. The van der Waals surface area contributed by atoms with E-state index in [4.69, 9.17) is 4.74 Å². The molecule has 1 aliphatic heterocycles. The summed E-state index contributed by atoms with van der Waals surface area (Å²) in [6, 6.07) is 14.1. The lowest BCUT2D eigenvalue weighted by atomic mass is 10.2. The van der Waals surface area contributed by atoms with Crippen molar-refractivity contribution in [2.24, 2.45) is 0 Å². The summed E-state index contributed by atoms with van der Waals surface area (Å²) in [4.78, 5) is 12.7. The van der Waals surface area contributed by atoms with Gasteiger partial charge in [0.25, 0.3) is 0 Å². The summed E-state index contributed by atoms with van der Waals surface area (Å²) in [5.41, 5.74) is -0.162. The summed E-state index contributed by atoms with van der Waals surface area (Å²) in [6.07, 6.45) is -1.41. The minimum absolute atomic E-state index is 0.00570. The fourth-order valence-corrected chi connectivity index (χ4v) is 5.07. The third kappa shape index (κ3) is 5.74. The van der Waals surface area contributed by atoms with Gasteiger partial charge in [0, 0.05) is 13.1 Å². The molecule has 0 fully saturated rings. The van der Waals surface area contributed by atoms with Crippen LogP contribution in [0.25, 0.3) is 0 Å². The fourth-order valence-electron chi connectivity index (χ4n) is 3.57. The van der Waals surface area contributed by atoms with Crippen LogP contribution in [0.3, 0.4) is 0 Å². The van der Waals surface area contributed by atoms with Gasteiger partial charge in [0.1, 0.15) is 23.4 Å². The number of amides is 1. The van der Waals surface area contributed by atoms with Crippen molar-refractivity contribution in [2.75, 3.05) is 6.54 Å². The molecular weight excluding hydrogens is 500 g/mol. The average Bonchev–Trinajstić information content (AvgIpc) is 3.34. The van der Waals surface area contributed by atoms with Gasteiger partial charge in [0.05, 0.1) is 10.5 Å². The van der Waals surface area contributed by atoms with E-state index in [0.717, 1.165) is 40.7 Å². The van der Waals surface area contributed by atoms with Crippen LogP contribution in [0.4, 0.5) is 17.6 Å². The molecule has 1 atom stereocenters. The molecule has 0 spiro atoms. The van der Waals surface area contributed by atoms with Gasteiger partial charge in [-0.15, -0.1) is 0 Å². The second kappa shape index (κ2) is 10.1. The smallest absolute Gasteiger partial charge is 0.416 e. The molecule has 1 N–H and O–H groups in total. The third-order valence-corrected chi connectivity index (χ3v) is 7.25. The number of halogens is 4.